The van der Waals surface area contributed by atoms with Crippen LogP contribution in [-0.4, -0.2) is 0 Å². The number of rotatable bonds is 6. The van der Waals surface area contributed by atoms with Gasteiger partial charge in [-0.1, -0.05) is 112 Å². The van der Waals surface area contributed by atoms with Crippen molar-refractivity contribution in [2.45, 2.75) is 26.2 Å². The minimum atomic E-state index is 0.0257. The van der Waals surface area contributed by atoms with Crippen molar-refractivity contribution in [3.8, 4) is 6.07 Å². The largest absolute Gasteiger partial charge is 0.310 e. The van der Waals surface area contributed by atoms with Gasteiger partial charge in [-0.25, -0.2) is 0 Å². The van der Waals surface area contributed by atoms with Crippen molar-refractivity contribution in [3.05, 3.63) is 169 Å². The maximum Gasteiger partial charge on any atom is 0.0991 e. The molecule has 0 heterocycles. The number of nitrogens with zero attached hydrogens (tertiary/aromatic N) is 3. The molecule has 3 heteroatoms. The molecule has 0 aliphatic heterocycles. The maximum absolute atomic E-state index is 9.61. The molecule has 0 amide bonds. The van der Waals surface area contributed by atoms with E-state index >= 15 is 0 Å². The summed E-state index contributed by atoms with van der Waals surface area (Å²) >= 11 is 0. The van der Waals surface area contributed by atoms with Crippen molar-refractivity contribution < 1.29 is 0 Å². The molecule has 8 aromatic rings. The molecule has 0 aliphatic rings. The number of anilines is 6. The smallest absolute Gasteiger partial charge is 0.0991 e. The quantitative estimate of drug-likeness (QED) is 0.174. The van der Waals surface area contributed by atoms with Crippen LogP contribution in [0.5, 0.6) is 0 Å². The molecule has 0 aromatic heterocycles. The predicted molar refractivity (Wildman–Crippen MR) is 203 cm³/mol. The number of hydrogen-bond donors (Lipinski definition) is 0. The first-order valence-corrected chi connectivity index (χ1v) is 16.4. The zero-order valence-corrected chi connectivity index (χ0v) is 27.4. The van der Waals surface area contributed by atoms with Gasteiger partial charge in [-0.15, -0.1) is 0 Å². The second-order valence-corrected chi connectivity index (χ2v) is 13.4. The molecule has 0 spiro atoms. The first-order valence-electron chi connectivity index (χ1n) is 16.4. The summed E-state index contributed by atoms with van der Waals surface area (Å²) < 4.78 is 0. The third-order valence-electron chi connectivity index (χ3n) is 9.32. The Labute approximate surface area is 281 Å². The molecule has 230 valence electrons. The van der Waals surface area contributed by atoms with Gasteiger partial charge in [-0.2, -0.15) is 5.26 Å². The second kappa shape index (κ2) is 11.6. The lowest BCUT2D eigenvalue weighted by atomic mass is 9.83. The van der Waals surface area contributed by atoms with E-state index in [1.54, 1.807) is 0 Å². The van der Waals surface area contributed by atoms with Crippen LogP contribution < -0.4 is 9.80 Å². The van der Waals surface area contributed by atoms with Crippen LogP contribution in [0, 0.1) is 11.3 Å². The summed E-state index contributed by atoms with van der Waals surface area (Å²) in [5.41, 5.74) is 8.36. The summed E-state index contributed by atoms with van der Waals surface area (Å²) in [5.74, 6) is 0. The molecule has 48 heavy (non-hydrogen) atoms. The van der Waals surface area contributed by atoms with Crippen molar-refractivity contribution in [1.82, 2.24) is 0 Å². The highest BCUT2D eigenvalue weighted by Crippen LogP contribution is 2.50. The van der Waals surface area contributed by atoms with Gasteiger partial charge >= 0.3 is 0 Å². The summed E-state index contributed by atoms with van der Waals surface area (Å²) in [7, 11) is 0. The molecular weight excluding hydrogens is 583 g/mol. The van der Waals surface area contributed by atoms with Gasteiger partial charge in [0.15, 0.2) is 0 Å². The number of benzene rings is 8. The van der Waals surface area contributed by atoms with E-state index < -0.39 is 0 Å². The lowest BCUT2D eigenvalue weighted by molar-refractivity contribution is 0.591. The van der Waals surface area contributed by atoms with Crippen LogP contribution in [0.4, 0.5) is 34.1 Å². The fourth-order valence-corrected chi connectivity index (χ4v) is 6.95. The zero-order chi connectivity index (χ0) is 32.8. The van der Waals surface area contributed by atoms with Gasteiger partial charge in [0.1, 0.15) is 0 Å². The second-order valence-electron chi connectivity index (χ2n) is 13.4. The third kappa shape index (κ3) is 5.00. The molecule has 0 saturated heterocycles. The zero-order valence-electron chi connectivity index (χ0n) is 27.4. The van der Waals surface area contributed by atoms with E-state index in [1.807, 2.05) is 24.3 Å². The highest BCUT2D eigenvalue weighted by molar-refractivity contribution is 6.29. The Bertz CT molecular complexity index is 2360. The predicted octanol–water partition coefficient (Wildman–Crippen LogP) is 12.7. The van der Waals surface area contributed by atoms with E-state index in [4.69, 9.17) is 0 Å². The van der Waals surface area contributed by atoms with Crippen LogP contribution in [-0.2, 0) is 5.41 Å². The van der Waals surface area contributed by atoms with E-state index in [2.05, 4.69) is 170 Å². The van der Waals surface area contributed by atoms with E-state index in [0.29, 0.717) is 5.56 Å². The van der Waals surface area contributed by atoms with Crippen LogP contribution in [0.3, 0.4) is 0 Å². The molecule has 3 nitrogen and oxygen atoms in total. The summed E-state index contributed by atoms with van der Waals surface area (Å²) in [4.78, 5) is 4.70. The number of para-hydroxylation sites is 3. The van der Waals surface area contributed by atoms with Crippen molar-refractivity contribution in [2.75, 3.05) is 9.80 Å². The average molecular weight is 618 g/mol. The fourth-order valence-electron chi connectivity index (χ4n) is 6.95. The van der Waals surface area contributed by atoms with Crippen LogP contribution in [0.25, 0.3) is 32.3 Å². The van der Waals surface area contributed by atoms with Gasteiger partial charge < -0.3 is 9.80 Å². The molecule has 0 bridgehead atoms. The van der Waals surface area contributed by atoms with Gasteiger partial charge in [-0.3, -0.25) is 0 Å². The van der Waals surface area contributed by atoms with Crippen molar-refractivity contribution in [1.29, 1.82) is 5.26 Å². The normalized spacial score (nSPS) is 11.6. The first-order chi connectivity index (χ1) is 23.4. The van der Waals surface area contributed by atoms with Crippen molar-refractivity contribution >= 4 is 66.4 Å². The molecule has 0 radical (unpaired) electrons. The molecule has 8 rings (SSSR count). The molecule has 0 saturated carbocycles. The first kappa shape index (κ1) is 29.3. The molecule has 8 aromatic carbocycles. The van der Waals surface area contributed by atoms with Crippen LogP contribution in [0.1, 0.15) is 31.9 Å². The van der Waals surface area contributed by atoms with E-state index in [-0.39, 0.29) is 5.41 Å². The van der Waals surface area contributed by atoms with Gasteiger partial charge in [0.05, 0.1) is 23.0 Å². The van der Waals surface area contributed by atoms with E-state index in [1.165, 1.54) is 37.9 Å². The van der Waals surface area contributed by atoms with Gasteiger partial charge in [-0.05, 0) is 93.9 Å². The number of nitriles is 1. The highest BCUT2D eigenvalue weighted by Gasteiger charge is 2.25. The van der Waals surface area contributed by atoms with Gasteiger partial charge in [0.2, 0.25) is 0 Å². The molecule has 0 unspecified atom stereocenters. The topological polar surface area (TPSA) is 30.3 Å². The molecule has 0 atom stereocenters. The third-order valence-corrected chi connectivity index (χ3v) is 9.32. The van der Waals surface area contributed by atoms with Crippen molar-refractivity contribution in [2.24, 2.45) is 0 Å². The molecular formula is C45H35N3. The monoisotopic (exact) mass is 617 g/mol. The maximum atomic E-state index is 9.61. The average Bonchev–Trinajstić information content (AvgIpc) is 3.12. The minimum Gasteiger partial charge on any atom is -0.310 e. The Balaban J connectivity index is 1.53. The highest BCUT2D eigenvalue weighted by atomic mass is 15.2. The van der Waals surface area contributed by atoms with E-state index in [9.17, 15) is 5.26 Å². The lowest BCUT2D eigenvalue weighted by Crippen LogP contribution is -2.14. The molecule has 0 aliphatic carbocycles. The standard InChI is InChI=1S/C45H35N3/c1-45(2,3)34-27-32-21-25-39-41(47(35-13-7-4-8-14-35)36-15-9-5-10-16-36)29-42(40-26-22-33(28-34)43(32)44(39)40)48(37-17-11-6-12-18-37)38-23-19-31(30-46)20-24-38/h4-29H,1-3H3. The molecule has 0 fully saturated rings. The Morgan fingerprint density at radius 3 is 1.27 bits per heavy atom. The summed E-state index contributed by atoms with van der Waals surface area (Å²) in [6.07, 6.45) is 0. The fraction of sp³-hybridized carbons (Fsp3) is 0.0889. The summed E-state index contributed by atoms with van der Waals surface area (Å²) in [6.45, 7) is 6.84. The van der Waals surface area contributed by atoms with Crippen LogP contribution in [0.2, 0.25) is 0 Å². The van der Waals surface area contributed by atoms with Crippen LogP contribution in [0.15, 0.2) is 158 Å². The molecule has 0 N–H and O–H groups in total. The summed E-state index contributed by atoms with van der Waals surface area (Å²) in [6, 6.07) is 58.2. The summed E-state index contributed by atoms with van der Waals surface area (Å²) in [5, 5.41) is 17.0. The van der Waals surface area contributed by atoms with Crippen molar-refractivity contribution in [3.63, 3.8) is 0 Å². The van der Waals surface area contributed by atoms with Crippen LogP contribution >= 0.6 is 0 Å². The van der Waals surface area contributed by atoms with E-state index in [0.717, 1.165) is 34.1 Å². The minimum absolute atomic E-state index is 0.0257. The number of hydrogen-bond acceptors (Lipinski definition) is 3. The SMILES string of the molecule is CC(C)(C)c1cc2ccc3c(N(c4ccccc4)c4ccccc4)cc(N(c4ccccc4)c4ccc(C#N)cc4)c4ccc(c1)c2c34. The Morgan fingerprint density at radius 2 is 0.875 bits per heavy atom. The lowest BCUT2D eigenvalue weighted by Gasteiger charge is -2.32. The van der Waals surface area contributed by atoms with Gasteiger partial charge in [0.25, 0.3) is 0 Å². The Kier molecular flexibility index (Phi) is 7.08. The Morgan fingerprint density at radius 1 is 0.458 bits per heavy atom. The Hall–Kier alpha value is -6.11. The van der Waals surface area contributed by atoms with Gasteiger partial charge in [0, 0.05) is 38.9 Å².